The Morgan fingerprint density at radius 1 is 0.631 bits per heavy atom. The Hall–Kier alpha value is -5.87. The number of carbonyl (C=O) groups is 7. The number of rotatable bonds is 12. The van der Waals surface area contributed by atoms with Gasteiger partial charge in [0.1, 0.15) is 23.4 Å². The first-order chi connectivity index (χ1) is 56.6. The summed E-state index contributed by atoms with van der Waals surface area (Å²) in [5, 5.41) is 84.1. The number of cyclic esters (lactones) is 1. The maximum Gasteiger partial charge on any atom is 0.343 e. The number of benzene rings is 1. The summed E-state index contributed by atoms with van der Waals surface area (Å²) in [7, 11) is 0. The molecule has 24 atom stereocenters. The van der Waals surface area contributed by atoms with Crippen LogP contribution in [0, 0.1) is 128 Å². The second-order valence-electron chi connectivity index (χ2n) is 42.3. The van der Waals surface area contributed by atoms with Gasteiger partial charge in [-0.25, -0.2) is 4.79 Å². The van der Waals surface area contributed by atoms with Crippen LogP contribution in [0.15, 0.2) is 94.4 Å². The Bertz CT molecular complexity index is 4910. The number of ether oxygens (including phenoxy) is 1. The van der Waals surface area contributed by atoms with Crippen molar-refractivity contribution in [2.45, 2.75) is 314 Å². The smallest absolute Gasteiger partial charge is 0.343 e. The molecular formula is C102H139N3O16Y-2. The Balaban J connectivity index is 0.000000147. The summed E-state index contributed by atoms with van der Waals surface area (Å²) in [6, 6.07) is 9.27. The molecule has 0 bridgehead atoms. The topological polar surface area (TPSA) is 317 Å². The van der Waals surface area contributed by atoms with Crippen LogP contribution in [0.3, 0.4) is 0 Å². The van der Waals surface area contributed by atoms with E-state index in [2.05, 4.69) is 65.9 Å². The Morgan fingerprint density at radius 2 is 1.13 bits per heavy atom. The molecule has 9 fully saturated rings. The van der Waals surface area contributed by atoms with Crippen molar-refractivity contribution in [3.63, 3.8) is 0 Å². The van der Waals surface area contributed by atoms with E-state index >= 15 is 0 Å². The monoisotopic (exact) mass is 1750 g/mol. The summed E-state index contributed by atoms with van der Waals surface area (Å²) in [6.45, 7) is 41.0. The number of aromatic nitrogens is 2. The van der Waals surface area contributed by atoms with E-state index in [4.69, 9.17) is 9.72 Å². The molecule has 0 spiro atoms. The fraction of sp³-hybridized carbons (Fsp3) is 0.667. The normalized spacial score (nSPS) is 39.2. The molecule has 2 aromatic heterocycles. The Labute approximate surface area is 749 Å². The van der Waals surface area contributed by atoms with E-state index in [0.717, 1.165) is 114 Å². The first-order valence-electron chi connectivity index (χ1n) is 45.8. The van der Waals surface area contributed by atoms with Crippen molar-refractivity contribution in [2.75, 3.05) is 0 Å². The van der Waals surface area contributed by atoms with E-state index in [1.165, 1.54) is 0 Å². The van der Waals surface area contributed by atoms with Gasteiger partial charge in [-0.3, -0.25) is 38.5 Å². The Morgan fingerprint density at radius 3 is 1.66 bits per heavy atom. The molecule has 9 saturated carbocycles. The van der Waals surface area contributed by atoms with E-state index in [9.17, 15) is 74.1 Å². The van der Waals surface area contributed by atoms with Crippen molar-refractivity contribution in [1.29, 1.82) is 0 Å². The number of hydrogen-bond donors (Lipinski definition) is 8. The molecule has 14 aliphatic rings. The second-order valence-corrected chi connectivity index (χ2v) is 42.3. The summed E-state index contributed by atoms with van der Waals surface area (Å²) < 4.78 is 6.86. The second kappa shape index (κ2) is 34.6. The fourth-order valence-corrected chi connectivity index (χ4v) is 27.7. The zero-order valence-electron chi connectivity index (χ0n) is 76.3. The van der Waals surface area contributed by atoms with E-state index in [1.54, 1.807) is 54.0 Å². The number of Topliss-reactive ketones (excluding diaryl/α,β-unsaturated/α-hetero) is 2. The van der Waals surface area contributed by atoms with Crippen LogP contribution in [-0.4, -0.2) is 127 Å². The summed E-state index contributed by atoms with van der Waals surface area (Å²) >= 11 is 0. The third-order valence-corrected chi connectivity index (χ3v) is 33.3. The van der Waals surface area contributed by atoms with Gasteiger partial charge in [0.25, 0.3) is 11.5 Å². The molecule has 17 rings (SSSR count). The molecule has 8 N–H and O–H groups in total. The van der Waals surface area contributed by atoms with Crippen molar-refractivity contribution in [3.8, 4) is 11.4 Å². The number of ketones is 5. The van der Waals surface area contributed by atoms with Gasteiger partial charge in [-0.05, 0) is 235 Å². The SMILES string of the molecule is CC(C)CC(=O)[C@@]1(O)CC[C@H]2[C@@H]3C[C@H](C)C4=CC(=O)C=C[C@]4(C)[C@H]3[C@@H](O)C[C@@]21C.CC(C)CC(=O)[C@@]1(O)[C@@H](C)C[C@H]2[C@@H]3CCC4=CC(=O)C=C[C@]4(C)[C@H]3[C@@H](O)C[C@@]21C.CC(C)NC(=O)[C@@]1(O)CC[C@H]2[C@@H]3CCC4=CC(=O)C=C[C@]4(C)[C@H]3[C@@H](O)C[C@@]21C.CCc1c2c(nc3cc(CC(C)C)[c-]cc13)-c1cc3c(c(=O)n1C2)COC(=O)[C@]3(O)CC.C[CH-]C.[Y]. The van der Waals surface area contributed by atoms with E-state index in [1.807, 2.05) is 114 Å². The summed E-state index contributed by atoms with van der Waals surface area (Å²) in [5.41, 5.74) is 0.685. The summed E-state index contributed by atoms with van der Waals surface area (Å²) in [4.78, 5) is 106. The molecular weight excluding hydrogens is 1610 g/mol. The number of hydrogen-bond acceptors (Lipinski definition) is 17. The number of allylic oxidation sites excluding steroid dienone is 12. The molecule has 1 amide bonds. The van der Waals surface area contributed by atoms with Crippen molar-refractivity contribution in [2.24, 2.45) is 115 Å². The van der Waals surface area contributed by atoms with Gasteiger partial charge in [-0.15, -0.1) is 11.5 Å². The van der Waals surface area contributed by atoms with Crippen LogP contribution in [0.4, 0.5) is 0 Å². The third-order valence-electron chi connectivity index (χ3n) is 33.3. The molecule has 1 aromatic carbocycles. The number of amides is 1. The molecule has 663 valence electrons. The minimum Gasteiger partial charge on any atom is -0.458 e. The van der Waals surface area contributed by atoms with Crippen LogP contribution >= 0.6 is 0 Å². The van der Waals surface area contributed by atoms with Crippen LogP contribution < -0.4 is 10.9 Å². The molecule has 20 heteroatoms. The molecule has 0 unspecified atom stereocenters. The standard InChI is InChI=1S/C26H27N2O4.2C25H36O4.C23H33NO4.C3H7.Y/c1-5-16-17-8-7-15(9-14(3)4)10-21(17)27-23-18(16)12-28-22(23)11-20-19(24(28)29)13-32-25(30)26(20,31)6-2;1-14(2)10-21(28)25(29)9-7-18-17-11-15(3)19-12-16(26)6-8-23(19,4)22(17)20(27)13-24(18,25)5;1-14(2)10-21(28)25(29)15(3)11-19-18-7-6-16-12-17(26)8-9-23(16,4)22(18)20(27)13-24(19,25)5;1-13(2)24-20(27)23(28)10-8-17-16-6-5-14-11-15(25)7-9-21(14,3)19(16)18(26)12-22(17,23)4;1-3-2;/h8,10-11,14,31H,5-6,9,12-13H2,1-4H3;6,8,12,14-15,17-18,20,22,27,29H,7,9-11,13H2,1-5H3;8-9,12,14-15,18-20,22,27,29H,6-7,10-11,13H2,1-5H3;7,9,11,13,16-19,26,28H,5-6,8,10,12H2,1-4H3,(H,24,27);3H,1-2H3;/q-1;;;;-1;/t26-;15-,17-,18-,20-,22+,23-,24-,25-;15-,18-,19-,20-,22+,23-,24-,25-;16-,17-,18-,19+,21-,22-,23-;;/m0000../s1. The van der Waals surface area contributed by atoms with Crippen LogP contribution in [0.5, 0.6) is 0 Å². The van der Waals surface area contributed by atoms with Crippen molar-refractivity contribution < 1.29 is 107 Å². The number of aliphatic hydroxyl groups is 7. The van der Waals surface area contributed by atoms with E-state index in [-0.39, 0.29) is 185 Å². The third kappa shape index (κ3) is 15.3. The predicted molar refractivity (Wildman–Crippen MR) is 467 cm³/mol. The molecule has 1 radical (unpaired) electrons. The number of nitrogens with one attached hydrogen (secondary N) is 1. The first kappa shape index (κ1) is 95.2. The fourth-order valence-electron chi connectivity index (χ4n) is 27.7. The molecule has 122 heavy (non-hydrogen) atoms. The zero-order chi connectivity index (χ0) is 88.7. The van der Waals surface area contributed by atoms with Gasteiger partial charge in [-0.1, -0.05) is 151 Å². The van der Waals surface area contributed by atoms with E-state index in [0.29, 0.717) is 74.2 Å². The number of carbonyl (C=O) groups excluding carboxylic acids is 7. The van der Waals surface area contributed by atoms with Crippen molar-refractivity contribution in [3.05, 3.63) is 140 Å². The van der Waals surface area contributed by atoms with Crippen LogP contribution in [0.1, 0.15) is 269 Å². The number of aliphatic hydroxyl groups excluding tert-OH is 3. The molecule has 3 aromatic rings. The molecule has 12 aliphatic carbocycles. The maximum atomic E-state index is 13.4. The van der Waals surface area contributed by atoms with Gasteiger partial charge in [-0.2, -0.15) is 31.5 Å². The van der Waals surface area contributed by atoms with Gasteiger partial charge >= 0.3 is 5.97 Å². The van der Waals surface area contributed by atoms with Gasteiger partial charge < -0.3 is 56.8 Å². The largest absolute Gasteiger partial charge is 0.458 e. The van der Waals surface area contributed by atoms with Crippen LogP contribution in [0.25, 0.3) is 22.3 Å². The molecule has 2 aliphatic heterocycles. The summed E-state index contributed by atoms with van der Waals surface area (Å²) in [6.07, 6.45) is 28.1. The Kier molecular flexibility index (Phi) is 27.0. The number of pyridine rings is 2. The predicted octanol–water partition coefficient (Wildman–Crippen LogP) is 15.1. The van der Waals surface area contributed by atoms with E-state index < -0.39 is 62.9 Å². The number of aryl methyl sites for hydroxylation is 1. The van der Waals surface area contributed by atoms with Crippen molar-refractivity contribution in [1.82, 2.24) is 14.9 Å². The molecule has 0 saturated heterocycles. The number of nitrogens with zero attached hydrogens (tertiary/aromatic N) is 2. The van der Waals surface area contributed by atoms with Gasteiger partial charge in [0.2, 0.25) is 0 Å². The first-order valence-corrected chi connectivity index (χ1v) is 45.8. The number of fused-ring (bicyclic) bond motifs is 20. The average Bonchev–Trinajstić information content (AvgIpc) is 1.48. The minimum atomic E-state index is -1.81. The zero-order valence-corrected chi connectivity index (χ0v) is 79.2. The van der Waals surface area contributed by atoms with Gasteiger partial charge in [0.15, 0.2) is 34.5 Å². The minimum absolute atomic E-state index is 0. The number of esters is 1. The molecule has 19 nitrogen and oxygen atoms in total. The van der Waals surface area contributed by atoms with Gasteiger partial charge in [0, 0.05) is 107 Å². The van der Waals surface area contributed by atoms with Gasteiger partial charge in [0.05, 0.1) is 41.8 Å². The summed E-state index contributed by atoms with van der Waals surface area (Å²) in [5.74, 6) is 1.44. The quantitative estimate of drug-likeness (QED) is 0.0483. The maximum absolute atomic E-state index is 13.4. The van der Waals surface area contributed by atoms with Crippen LogP contribution in [-0.2, 0) is 103 Å². The van der Waals surface area contributed by atoms with Crippen LogP contribution in [0.2, 0.25) is 0 Å². The molecule has 4 heterocycles. The average molecular weight is 1750 g/mol. The van der Waals surface area contributed by atoms with Crippen molar-refractivity contribution >= 4 is 51.7 Å².